The zero-order chi connectivity index (χ0) is 44.1. The van der Waals surface area contributed by atoms with Crippen LogP contribution in [-0.4, -0.2) is 75.4 Å². The second-order valence-electron chi connectivity index (χ2n) is 17.2. The van der Waals surface area contributed by atoms with Crippen molar-refractivity contribution < 1.29 is 19.2 Å². The lowest BCUT2D eigenvalue weighted by molar-refractivity contribution is -0.120. The highest BCUT2D eigenvalue weighted by molar-refractivity contribution is 9.10. The number of carbonyl (C=O) groups is 4. The molecule has 2 saturated carbocycles. The summed E-state index contributed by atoms with van der Waals surface area (Å²) in [6, 6.07) is 7.32. The fourth-order valence-electron chi connectivity index (χ4n) is 9.07. The van der Waals surface area contributed by atoms with E-state index in [1.54, 1.807) is 52.4 Å². The highest BCUT2D eigenvalue weighted by Crippen LogP contribution is 2.40. The molecule has 0 bridgehead atoms. The molecule has 328 valence electrons. The van der Waals surface area contributed by atoms with E-state index in [1.807, 2.05) is 53.7 Å². The lowest BCUT2D eigenvalue weighted by Crippen LogP contribution is -2.49. The molecule has 17 heteroatoms. The number of halogens is 1. The van der Waals surface area contributed by atoms with E-state index in [9.17, 15) is 19.2 Å². The molecule has 62 heavy (non-hydrogen) atoms. The lowest BCUT2D eigenvalue weighted by atomic mass is 9.76. The molecular formula is C45H57BrN12O4. The number of nitrogens with zero attached hydrogens (tertiary/aromatic N) is 7. The van der Waals surface area contributed by atoms with Gasteiger partial charge in [-0.1, -0.05) is 19.3 Å². The number of aromatic amines is 1. The number of aromatic nitrogens is 8. The minimum absolute atomic E-state index is 0.00381. The Morgan fingerprint density at radius 2 is 1.26 bits per heavy atom. The first-order valence-corrected chi connectivity index (χ1v) is 22.5. The van der Waals surface area contributed by atoms with Crippen LogP contribution >= 0.6 is 15.9 Å². The molecule has 0 unspecified atom stereocenters. The number of hydrogen-bond acceptors (Lipinski definition) is 9. The molecule has 2 atom stereocenters. The number of anilines is 2. The lowest BCUT2D eigenvalue weighted by Gasteiger charge is -2.34. The van der Waals surface area contributed by atoms with Gasteiger partial charge in [-0.3, -0.25) is 38.6 Å². The van der Waals surface area contributed by atoms with Gasteiger partial charge in [0.2, 0.25) is 11.8 Å². The number of pyridine rings is 2. The molecule has 16 nitrogen and oxygen atoms in total. The van der Waals surface area contributed by atoms with Gasteiger partial charge in [0.1, 0.15) is 28.1 Å². The molecule has 5 aromatic rings. The highest BCUT2D eigenvalue weighted by Gasteiger charge is 2.36. The van der Waals surface area contributed by atoms with Crippen LogP contribution in [0.2, 0.25) is 0 Å². The second kappa shape index (κ2) is 19.6. The van der Waals surface area contributed by atoms with Crippen LogP contribution < -0.4 is 21.3 Å². The third kappa shape index (κ3) is 9.98. The van der Waals surface area contributed by atoms with Gasteiger partial charge in [0.15, 0.2) is 0 Å². The molecular weight excluding hydrogens is 852 g/mol. The molecule has 0 spiro atoms. The van der Waals surface area contributed by atoms with Gasteiger partial charge in [-0.05, 0) is 150 Å². The van der Waals surface area contributed by atoms with Gasteiger partial charge < -0.3 is 21.3 Å². The summed E-state index contributed by atoms with van der Waals surface area (Å²) >= 11 is 3.67. The summed E-state index contributed by atoms with van der Waals surface area (Å²) in [7, 11) is 0. The zero-order valence-electron chi connectivity index (χ0n) is 36.2. The molecule has 0 aliphatic heterocycles. The van der Waals surface area contributed by atoms with Crippen molar-refractivity contribution in [3.05, 3.63) is 88.1 Å². The monoisotopic (exact) mass is 908 g/mol. The minimum atomic E-state index is -0.838. The van der Waals surface area contributed by atoms with E-state index >= 15 is 0 Å². The summed E-state index contributed by atoms with van der Waals surface area (Å²) in [5, 5.41) is 28.1. The van der Waals surface area contributed by atoms with Crippen molar-refractivity contribution >= 4 is 50.9 Å². The third-order valence-electron chi connectivity index (χ3n) is 12.3. The first kappa shape index (κ1) is 44.3. The van der Waals surface area contributed by atoms with E-state index in [1.165, 1.54) is 0 Å². The molecule has 0 saturated heterocycles. The number of carbonyl (C=O) groups excluding carboxylic acids is 4. The molecule has 0 aromatic carbocycles. The molecule has 2 aliphatic carbocycles. The van der Waals surface area contributed by atoms with Crippen LogP contribution in [0.4, 0.5) is 11.4 Å². The van der Waals surface area contributed by atoms with E-state index in [0.29, 0.717) is 40.2 Å². The van der Waals surface area contributed by atoms with Crippen LogP contribution in [0, 0.1) is 25.7 Å². The number of amides is 4. The van der Waals surface area contributed by atoms with Gasteiger partial charge in [-0.25, -0.2) is 4.98 Å². The van der Waals surface area contributed by atoms with Gasteiger partial charge in [0.05, 0.1) is 35.2 Å². The molecule has 0 radical (unpaired) electrons. The van der Waals surface area contributed by atoms with Crippen LogP contribution in [-0.2, 0) is 9.59 Å². The Morgan fingerprint density at radius 3 is 1.77 bits per heavy atom. The summed E-state index contributed by atoms with van der Waals surface area (Å²) in [5.41, 5.74) is 6.19. The fourth-order valence-corrected chi connectivity index (χ4v) is 9.61. The van der Waals surface area contributed by atoms with Crippen LogP contribution in [0.25, 0.3) is 11.3 Å². The van der Waals surface area contributed by atoms with Crippen molar-refractivity contribution in [2.45, 2.75) is 129 Å². The Labute approximate surface area is 370 Å². The van der Waals surface area contributed by atoms with Gasteiger partial charge in [0, 0.05) is 35.7 Å². The van der Waals surface area contributed by atoms with Crippen molar-refractivity contribution in [1.82, 2.24) is 50.4 Å². The van der Waals surface area contributed by atoms with Crippen LogP contribution in [0.15, 0.2) is 59.7 Å². The summed E-state index contributed by atoms with van der Waals surface area (Å²) in [5.74, 6) is -1.40. The van der Waals surface area contributed by atoms with Gasteiger partial charge >= 0.3 is 0 Å². The Kier molecular flexibility index (Phi) is 14.0. The Bertz CT molecular complexity index is 2350. The number of rotatable bonds is 14. The number of H-pyrrole nitrogens is 1. The summed E-state index contributed by atoms with van der Waals surface area (Å²) in [6.45, 7) is 11.7. The molecule has 2 aliphatic rings. The van der Waals surface area contributed by atoms with Gasteiger partial charge in [-0.15, -0.1) is 0 Å². The molecule has 5 heterocycles. The van der Waals surface area contributed by atoms with E-state index in [2.05, 4.69) is 67.6 Å². The normalized spacial score (nSPS) is 18.0. The van der Waals surface area contributed by atoms with E-state index in [-0.39, 0.29) is 53.5 Å². The minimum Gasteiger partial charge on any atom is -0.339 e. The number of aryl methyl sites for hydroxylation is 2. The fraction of sp³-hybridized carbons (Fsp3) is 0.489. The predicted octanol–water partition coefficient (Wildman–Crippen LogP) is 7.83. The van der Waals surface area contributed by atoms with Gasteiger partial charge in [0.25, 0.3) is 11.8 Å². The van der Waals surface area contributed by atoms with Crippen LogP contribution in [0.3, 0.4) is 0 Å². The second-order valence-corrected chi connectivity index (χ2v) is 18.0. The van der Waals surface area contributed by atoms with Crippen LogP contribution in [0.1, 0.15) is 141 Å². The maximum atomic E-state index is 14.2. The highest BCUT2D eigenvalue weighted by atomic mass is 79.9. The summed E-state index contributed by atoms with van der Waals surface area (Å²) in [4.78, 5) is 64.8. The molecule has 4 amide bonds. The van der Waals surface area contributed by atoms with Crippen LogP contribution in [0.5, 0.6) is 0 Å². The molecule has 7 rings (SSSR count). The Hall–Kier alpha value is -5.71. The van der Waals surface area contributed by atoms with E-state index in [0.717, 1.165) is 73.2 Å². The van der Waals surface area contributed by atoms with Crippen molar-refractivity contribution in [3.63, 3.8) is 0 Å². The standard InChI is InChI=1S/C45H57BrN12O4/c1-25(2)57-36(18-20-49-57)42(59)53-39(30-10-8-7-9-11-30)45(62)52-33-22-34(41(46)48-24-33)29-12-14-31(15-13-29)40(54-43(60)37-19-21-50-58(37)26(3)4)44(61)51-32-16-17-35(47-23-32)38-27(5)55-56-28(38)6/h16-26,29-31,39-40H,7-15H2,1-6H3,(H,51,61)(H,52,62)(H,53,59)(H,54,60)(H,55,56)/t29?,31?,39-,40-/m0/s1. The maximum Gasteiger partial charge on any atom is 0.270 e. The number of hydrogen-bond donors (Lipinski definition) is 5. The van der Waals surface area contributed by atoms with Crippen molar-refractivity contribution in [2.75, 3.05) is 10.6 Å². The smallest absolute Gasteiger partial charge is 0.270 e. The van der Waals surface area contributed by atoms with Crippen molar-refractivity contribution in [3.8, 4) is 11.3 Å². The quantitative estimate of drug-likeness (QED) is 0.0688. The van der Waals surface area contributed by atoms with Gasteiger partial charge in [-0.2, -0.15) is 15.3 Å². The Morgan fingerprint density at radius 1 is 0.710 bits per heavy atom. The topological polar surface area (TPSA) is 206 Å². The summed E-state index contributed by atoms with van der Waals surface area (Å²) < 4.78 is 3.99. The molecule has 2 fully saturated rings. The molecule has 5 aromatic heterocycles. The van der Waals surface area contributed by atoms with Crippen molar-refractivity contribution in [1.29, 1.82) is 0 Å². The third-order valence-corrected chi connectivity index (χ3v) is 12.9. The average Bonchev–Trinajstić information content (AvgIpc) is 4.04. The zero-order valence-corrected chi connectivity index (χ0v) is 37.8. The molecule has 5 N–H and O–H groups in total. The number of nitrogens with one attached hydrogen (secondary N) is 5. The predicted molar refractivity (Wildman–Crippen MR) is 239 cm³/mol. The first-order valence-electron chi connectivity index (χ1n) is 21.7. The summed E-state index contributed by atoms with van der Waals surface area (Å²) in [6.07, 6.45) is 14.0. The maximum absolute atomic E-state index is 14.2. The first-order chi connectivity index (χ1) is 29.8. The largest absolute Gasteiger partial charge is 0.339 e. The Balaban J connectivity index is 1.06. The van der Waals surface area contributed by atoms with Crippen molar-refractivity contribution in [2.24, 2.45) is 11.8 Å². The van der Waals surface area contributed by atoms with E-state index in [4.69, 9.17) is 0 Å². The van der Waals surface area contributed by atoms with E-state index < -0.39 is 12.1 Å². The SMILES string of the molecule is Cc1n[nH]c(C)c1-c1ccc(NC(=O)[C@@H](NC(=O)c2ccnn2C(C)C)C2CCC(c3cc(NC(=O)[C@@H](NC(=O)c4ccnn4C(C)C)C4CCCCC4)cnc3Br)CC2)cn1. The average molecular weight is 910 g/mol.